The largest absolute Gasteiger partial charge is 0.462 e. The van der Waals surface area contributed by atoms with E-state index < -0.39 is 72.8 Å². The predicted octanol–water partition coefficient (Wildman–Crippen LogP) is 5.62. The number of hydrogen-bond acceptors (Lipinski definition) is 4. The van der Waals surface area contributed by atoms with Crippen molar-refractivity contribution in [2.24, 2.45) is 0 Å². The van der Waals surface area contributed by atoms with Crippen LogP contribution in [0.1, 0.15) is 6.42 Å². The van der Waals surface area contributed by atoms with E-state index in [1.807, 2.05) is 0 Å². The maximum Gasteiger partial charge on any atom is 0.460 e. The molecule has 0 spiro atoms. The molecular formula is C14H7F17O4. The summed E-state index contributed by atoms with van der Waals surface area (Å²) in [5.41, 5.74) is -6.70. The van der Waals surface area contributed by atoms with Crippen molar-refractivity contribution in [3.05, 3.63) is 12.7 Å². The van der Waals surface area contributed by atoms with Gasteiger partial charge in [0.1, 0.15) is 0 Å². The highest BCUT2D eigenvalue weighted by molar-refractivity contribution is 5.81. The smallest absolute Gasteiger partial charge is 0.460 e. The molecule has 0 aliphatic rings. The van der Waals surface area contributed by atoms with Gasteiger partial charge in [-0.3, -0.25) is 0 Å². The molecule has 35 heavy (non-hydrogen) atoms. The third-order valence-electron chi connectivity index (χ3n) is 3.85. The number of alkyl halides is 17. The van der Waals surface area contributed by atoms with Crippen molar-refractivity contribution in [2.75, 3.05) is 6.61 Å². The molecule has 0 saturated heterocycles. The Bertz CT molecular complexity index is 807. The molecule has 21 heteroatoms. The maximum atomic E-state index is 13.8. The molecule has 0 amide bonds. The van der Waals surface area contributed by atoms with Gasteiger partial charge in [-0.05, 0) is 0 Å². The maximum absolute atomic E-state index is 13.8. The van der Waals surface area contributed by atoms with Crippen molar-refractivity contribution < 1.29 is 93.7 Å². The van der Waals surface area contributed by atoms with Gasteiger partial charge in [0.15, 0.2) is 0 Å². The second kappa shape index (κ2) is 9.17. The number of esters is 2. The minimum absolute atomic E-state index is 0.0666. The Morgan fingerprint density at radius 3 is 1.34 bits per heavy atom. The van der Waals surface area contributed by atoms with Crippen LogP contribution in [-0.2, 0) is 19.1 Å². The molecule has 0 rings (SSSR count). The van der Waals surface area contributed by atoms with Crippen molar-refractivity contribution >= 4 is 11.9 Å². The zero-order valence-electron chi connectivity index (χ0n) is 15.8. The summed E-state index contributed by atoms with van der Waals surface area (Å²) in [6.45, 7) is 0.292. The SMILES string of the molecule is C=CC(=O)OCCC(OC(=O)C(F)(F)C(F)(F)C(F)(F)C(F)(F)F)(C(F)(F)F)C(F)(F)C(F)(F)F. The highest BCUT2D eigenvalue weighted by atomic mass is 19.4. The zero-order chi connectivity index (χ0) is 28.7. The van der Waals surface area contributed by atoms with Gasteiger partial charge in [-0.2, -0.15) is 74.6 Å². The van der Waals surface area contributed by atoms with Gasteiger partial charge < -0.3 is 9.47 Å². The number of ether oxygens (including phenoxy) is 2. The Labute approximate surface area is 180 Å². The minimum Gasteiger partial charge on any atom is -0.462 e. The first kappa shape index (κ1) is 32.5. The number of hydrogen-bond donors (Lipinski definition) is 0. The molecule has 0 saturated carbocycles. The van der Waals surface area contributed by atoms with Gasteiger partial charge >= 0.3 is 54.2 Å². The number of halogens is 17. The molecule has 0 fully saturated rings. The summed E-state index contributed by atoms with van der Waals surface area (Å²) >= 11 is 0. The van der Waals surface area contributed by atoms with E-state index in [0.29, 0.717) is 0 Å². The van der Waals surface area contributed by atoms with Crippen LogP contribution in [0.15, 0.2) is 12.7 Å². The summed E-state index contributed by atoms with van der Waals surface area (Å²) in [4.78, 5) is 22.0. The molecule has 1 atom stereocenters. The van der Waals surface area contributed by atoms with Crippen LogP contribution in [0.5, 0.6) is 0 Å². The molecule has 0 aliphatic heterocycles. The van der Waals surface area contributed by atoms with Gasteiger partial charge in [-0.1, -0.05) is 6.58 Å². The quantitative estimate of drug-likeness (QED) is 0.208. The molecule has 0 aromatic heterocycles. The molecule has 4 nitrogen and oxygen atoms in total. The number of carbonyl (C=O) groups excluding carboxylic acids is 2. The van der Waals surface area contributed by atoms with Gasteiger partial charge in [0, 0.05) is 12.5 Å². The van der Waals surface area contributed by atoms with E-state index in [-0.39, 0.29) is 6.08 Å². The summed E-state index contributed by atoms with van der Waals surface area (Å²) in [5.74, 6) is -38.2. The molecule has 0 bridgehead atoms. The van der Waals surface area contributed by atoms with Crippen LogP contribution < -0.4 is 0 Å². The Morgan fingerprint density at radius 2 is 1.03 bits per heavy atom. The molecule has 0 aliphatic carbocycles. The van der Waals surface area contributed by atoms with Crippen molar-refractivity contribution in [3.63, 3.8) is 0 Å². The first-order chi connectivity index (χ1) is 15.1. The molecule has 0 heterocycles. The average molecular weight is 562 g/mol. The van der Waals surface area contributed by atoms with Crippen LogP contribution >= 0.6 is 0 Å². The monoisotopic (exact) mass is 562 g/mol. The second-order valence-corrected chi connectivity index (χ2v) is 6.13. The lowest BCUT2D eigenvalue weighted by atomic mass is 9.89. The van der Waals surface area contributed by atoms with Crippen LogP contribution in [0.25, 0.3) is 0 Å². The standard InChI is InChI=1S/C14H7F17O4/c1-2-5(32)34-4-3-7(12(23,24)25,9(17,18)13(26,27)28)35-6(33)8(15,16)10(19,20)11(21,22)14(29,30)31/h2H,1,3-4H2. The molecule has 0 radical (unpaired) electrons. The van der Waals surface area contributed by atoms with E-state index in [1.165, 1.54) is 0 Å². The summed E-state index contributed by atoms with van der Waals surface area (Å²) < 4.78 is 227. The Balaban J connectivity index is 6.89. The summed E-state index contributed by atoms with van der Waals surface area (Å²) in [5, 5.41) is 0. The lowest BCUT2D eigenvalue weighted by Gasteiger charge is -2.42. The third-order valence-corrected chi connectivity index (χ3v) is 3.85. The molecule has 1 unspecified atom stereocenters. The van der Waals surface area contributed by atoms with E-state index in [9.17, 15) is 84.2 Å². The van der Waals surface area contributed by atoms with Crippen molar-refractivity contribution in [1.82, 2.24) is 0 Å². The predicted molar refractivity (Wildman–Crippen MR) is 72.5 cm³/mol. The van der Waals surface area contributed by atoms with E-state index in [0.717, 1.165) is 0 Å². The number of rotatable bonds is 9. The zero-order valence-corrected chi connectivity index (χ0v) is 15.8. The highest BCUT2D eigenvalue weighted by Crippen LogP contribution is 2.57. The van der Waals surface area contributed by atoms with Crippen molar-refractivity contribution in [3.8, 4) is 0 Å². The molecule has 0 aromatic rings. The van der Waals surface area contributed by atoms with E-state index in [1.54, 1.807) is 0 Å². The second-order valence-electron chi connectivity index (χ2n) is 6.13. The van der Waals surface area contributed by atoms with Gasteiger partial charge in [-0.25, -0.2) is 9.59 Å². The Hall–Kier alpha value is -2.51. The fraction of sp³-hybridized carbons (Fsp3) is 0.714. The first-order valence-electron chi connectivity index (χ1n) is 7.82. The van der Waals surface area contributed by atoms with Crippen LogP contribution in [0.4, 0.5) is 74.6 Å². The van der Waals surface area contributed by atoms with Gasteiger partial charge in [0.05, 0.1) is 6.61 Å². The molecule has 0 N–H and O–H groups in total. The first-order valence-corrected chi connectivity index (χ1v) is 7.82. The van der Waals surface area contributed by atoms with Crippen molar-refractivity contribution in [2.45, 2.75) is 54.2 Å². The fourth-order valence-corrected chi connectivity index (χ4v) is 1.96. The van der Waals surface area contributed by atoms with E-state index >= 15 is 0 Å². The van der Waals surface area contributed by atoms with Crippen molar-refractivity contribution in [1.29, 1.82) is 0 Å². The summed E-state index contributed by atoms with van der Waals surface area (Å²) in [7, 11) is 0. The lowest BCUT2D eigenvalue weighted by Crippen LogP contribution is -2.70. The normalized spacial score (nSPS) is 16.4. The fourth-order valence-electron chi connectivity index (χ4n) is 1.96. The minimum atomic E-state index is -8.07. The van der Waals surface area contributed by atoms with E-state index in [4.69, 9.17) is 0 Å². The van der Waals surface area contributed by atoms with Crippen LogP contribution in [0, 0.1) is 0 Å². The summed E-state index contributed by atoms with van der Waals surface area (Å²) in [6, 6.07) is 0. The molecular weight excluding hydrogens is 555 g/mol. The highest BCUT2D eigenvalue weighted by Gasteiger charge is 2.87. The third kappa shape index (κ3) is 5.36. The van der Waals surface area contributed by atoms with Gasteiger partial charge in [-0.15, -0.1) is 0 Å². The van der Waals surface area contributed by atoms with E-state index in [2.05, 4.69) is 16.1 Å². The van der Waals surface area contributed by atoms with Crippen LogP contribution in [0.3, 0.4) is 0 Å². The van der Waals surface area contributed by atoms with Crippen LogP contribution in [-0.4, -0.2) is 66.4 Å². The molecule has 206 valence electrons. The molecule has 0 aromatic carbocycles. The lowest BCUT2D eigenvalue weighted by molar-refractivity contribution is -0.416. The number of carbonyl (C=O) groups is 2. The van der Waals surface area contributed by atoms with Gasteiger partial charge in [0.25, 0.3) is 5.60 Å². The average Bonchev–Trinajstić information content (AvgIpc) is 2.63. The Morgan fingerprint density at radius 1 is 0.629 bits per heavy atom. The van der Waals surface area contributed by atoms with Gasteiger partial charge in [0.2, 0.25) is 0 Å². The summed E-state index contributed by atoms with van der Waals surface area (Å²) in [6.07, 6.45) is -25.7. The Kier molecular flexibility index (Phi) is 8.52. The topological polar surface area (TPSA) is 52.6 Å². The van der Waals surface area contributed by atoms with Crippen LogP contribution in [0.2, 0.25) is 0 Å².